The Morgan fingerprint density at radius 3 is 2.86 bits per heavy atom. The molecule has 0 amide bonds. The molecule has 0 spiro atoms. The van der Waals surface area contributed by atoms with Gasteiger partial charge in [0.05, 0.1) is 11.5 Å². The first-order valence-corrected chi connectivity index (χ1v) is 7.33. The minimum atomic E-state index is -0.185. The summed E-state index contributed by atoms with van der Waals surface area (Å²) in [5.74, 6) is 6.28. The normalized spacial score (nSPS) is 13.2. The van der Waals surface area contributed by atoms with Crippen molar-refractivity contribution in [1.82, 2.24) is 9.97 Å². The van der Waals surface area contributed by atoms with Crippen LogP contribution in [-0.2, 0) is 4.79 Å². The molecule has 2 aromatic rings. The third-order valence-electron chi connectivity index (χ3n) is 3.27. The molecule has 110 valence electrons. The van der Waals surface area contributed by atoms with E-state index < -0.39 is 0 Å². The fourth-order valence-corrected chi connectivity index (χ4v) is 1.98. The third-order valence-corrected chi connectivity index (χ3v) is 3.45. The lowest BCUT2D eigenvalue weighted by molar-refractivity contribution is -0.135. The second-order valence-corrected chi connectivity index (χ2v) is 5.45. The molecule has 0 N–H and O–H groups in total. The standard InChI is InChI=1S/C17H13ClN2O2/c1-11-10-19-17(18)20-14(11)9-8-12-4-2-3-5-15(12)22-16(21)13-6-7-13/h2-5,10,13H,6-7H2,1H3. The zero-order valence-electron chi connectivity index (χ0n) is 12.0. The van der Waals surface area contributed by atoms with Crippen LogP contribution in [0.5, 0.6) is 5.75 Å². The molecule has 4 nitrogen and oxygen atoms in total. The number of nitrogens with zero attached hydrogens (tertiary/aromatic N) is 2. The van der Waals surface area contributed by atoms with E-state index in [0.29, 0.717) is 17.0 Å². The van der Waals surface area contributed by atoms with Crippen LogP contribution in [0.15, 0.2) is 30.5 Å². The van der Waals surface area contributed by atoms with Crippen LogP contribution >= 0.6 is 11.6 Å². The van der Waals surface area contributed by atoms with E-state index in [1.807, 2.05) is 19.1 Å². The highest BCUT2D eigenvalue weighted by atomic mass is 35.5. The van der Waals surface area contributed by atoms with Crippen molar-refractivity contribution in [3.05, 3.63) is 52.6 Å². The molecular formula is C17H13ClN2O2. The SMILES string of the molecule is Cc1cnc(Cl)nc1C#Cc1ccccc1OC(=O)C1CC1. The van der Waals surface area contributed by atoms with Gasteiger partial charge in [-0.3, -0.25) is 4.79 Å². The lowest BCUT2D eigenvalue weighted by atomic mass is 10.2. The van der Waals surface area contributed by atoms with Crippen LogP contribution in [0, 0.1) is 24.7 Å². The van der Waals surface area contributed by atoms with E-state index in [0.717, 1.165) is 18.4 Å². The van der Waals surface area contributed by atoms with Crippen LogP contribution in [0.25, 0.3) is 0 Å². The van der Waals surface area contributed by atoms with Crippen molar-refractivity contribution in [1.29, 1.82) is 0 Å². The monoisotopic (exact) mass is 312 g/mol. The summed E-state index contributed by atoms with van der Waals surface area (Å²) in [4.78, 5) is 19.8. The van der Waals surface area contributed by atoms with Crippen molar-refractivity contribution >= 4 is 17.6 Å². The van der Waals surface area contributed by atoms with E-state index >= 15 is 0 Å². The topological polar surface area (TPSA) is 52.1 Å². The Labute approximate surface area is 133 Å². The molecule has 1 aliphatic carbocycles. The summed E-state index contributed by atoms with van der Waals surface area (Å²) >= 11 is 5.78. The number of hydrogen-bond donors (Lipinski definition) is 0. The fraction of sp³-hybridized carbons (Fsp3) is 0.235. The Hall–Kier alpha value is -2.38. The predicted octanol–water partition coefficient (Wildman–Crippen LogP) is 3.15. The van der Waals surface area contributed by atoms with Crippen LogP contribution in [0.3, 0.4) is 0 Å². The number of aryl methyl sites for hydroxylation is 1. The molecule has 3 rings (SSSR count). The highest BCUT2D eigenvalue weighted by Crippen LogP contribution is 2.31. The van der Waals surface area contributed by atoms with E-state index in [9.17, 15) is 4.79 Å². The molecule has 1 aliphatic rings. The van der Waals surface area contributed by atoms with Crippen molar-refractivity contribution < 1.29 is 9.53 Å². The molecule has 1 saturated carbocycles. The van der Waals surface area contributed by atoms with E-state index in [1.54, 1.807) is 18.3 Å². The molecule has 0 aliphatic heterocycles. The molecule has 1 aromatic heterocycles. The molecule has 1 fully saturated rings. The van der Waals surface area contributed by atoms with E-state index in [2.05, 4.69) is 21.8 Å². The van der Waals surface area contributed by atoms with Crippen molar-refractivity contribution in [3.8, 4) is 17.6 Å². The fourth-order valence-electron chi connectivity index (χ4n) is 1.84. The van der Waals surface area contributed by atoms with Gasteiger partial charge in [0.15, 0.2) is 0 Å². The largest absolute Gasteiger partial charge is 0.425 e. The average Bonchev–Trinajstić information content (AvgIpc) is 3.34. The Balaban J connectivity index is 1.88. The van der Waals surface area contributed by atoms with Gasteiger partial charge in [0.1, 0.15) is 11.4 Å². The van der Waals surface area contributed by atoms with Crippen molar-refractivity contribution in [2.75, 3.05) is 0 Å². The van der Waals surface area contributed by atoms with Gasteiger partial charge in [-0.25, -0.2) is 9.97 Å². The number of carbonyl (C=O) groups is 1. The van der Waals surface area contributed by atoms with Gasteiger partial charge < -0.3 is 4.74 Å². The summed E-state index contributed by atoms with van der Waals surface area (Å²) in [5.41, 5.74) is 2.04. The molecule has 0 radical (unpaired) electrons. The van der Waals surface area contributed by atoms with Gasteiger partial charge in [0.2, 0.25) is 5.28 Å². The van der Waals surface area contributed by atoms with Gasteiger partial charge >= 0.3 is 5.97 Å². The van der Waals surface area contributed by atoms with Crippen LogP contribution < -0.4 is 4.74 Å². The smallest absolute Gasteiger partial charge is 0.314 e. The van der Waals surface area contributed by atoms with Gasteiger partial charge in [0.25, 0.3) is 0 Å². The minimum absolute atomic E-state index is 0.0453. The molecule has 1 aromatic carbocycles. The van der Waals surface area contributed by atoms with Crippen LogP contribution in [0.2, 0.25) is 5.28 Å². The number of carbonyl (C=O) groups excluding carboxylic acids is 1. The first kappa shape index (κ1) is 14.6. The maximum Gasteiger partial charge on any atom is 0.314 e. The Bertz CT molecular complexity index is 789. The first-order chi connectivity index (χ1) is 10.6. The number of aromatic nitrogens is 2. The summed E-state index contributed by atoms with van der Waals surface area (Å²) in [5, 5.41) is 0.156. The first-order valence-electron chi connectivity index (χ1n) is 6.95. The van der Waals surface area contributed by atoms with Crippen LogP contribution in [-0.4, -0.2) is 15.9 Å². The number of halogens is 1. The number of rotatable bonds is 2. The van der Waals surface area contributed by atoms with E-state index in [4.69, 9.17) is 16.3 Å². The van der Waals surface area contributed by atoms with Crippen molar-refractivity contribution in [2.45, 2.75) is 19.8 Å². The van der Waals surface area contributed by atoms with Crippen LogP contribution in [0.4, 0.5) is 0 Å². The number of benzene rings is 1. The van der Waals surface area contributed by atoms with E-state index in [-0.39, 0.29) is 17.2 Å². The number of ether oxygens (including phenoxy) is 1. The molecule has 1 heterocycles. The van der Waals surface area contributed by atoms with Gasteiger partial charge in [-0.1, -0.05) is 18.1 Å². The van der Waals surface area contributed by atoms with Gasteiger partial charge in [-0.2, -0.15) is 0 Å². The summed E-state index contributed by atoms with van der Waals surface area (Å²) in [6.45, 7) is 1.86. The Morgan fingerprint density at radius 1 is 1.32 bits per heavy atom. The summed E-state index contributed by atoms with van der Waals surface area (Å²) in [7, 11) is 0. The third kappa shape index (κ3) is 3.44. The highest BCUT2D eigenvalue weighted by molar-refractivity contribution is 6.28. The molecular weight excluding hydrogens is 300 g/mol. The zero-order chi connectivity index (χ0) is 15.5. The molecule has 0 atom stereocenters. The number of hydrogen-bond acceptors (Lipinski definition) is 4. The number of esters is 1. The van der Waals surface area contributed by atoms with Crippen LogP contribution in [0.1, 0.15) is 29.7 Å². The zero-order valence-corrected chi connectivity index (χ0v) is 12.7. The quantitative estimate of drug-likeness (QED) is 0.370. The summed E-state index contributed by atoms with van der Waals surface area (Å²) in [6, 6.07) is 7.20. The second kappa shape index (κ2) is 6.17. The van der Waals surface area contributed by atoms with Crippen molar-refractivity contribution in [2.24, 2.45) is 5.92 Å². The average molecular weight is 313 g/mol. The lowest BCUT2D eigenvalue weighted by Gasteiger charge is -2.05. The maximum absolute atomic E-state index is 11.8. The van der Waals surface area contributed by atoms with Gasteiger partial charge in [0, 0.05) is 11.8 Å². The number of para-hydroxylation sites is 1. The van der Waals surface area contributed by atoms with E-state index in [1.165, 1.54) is 0 Å². The van der Waals surface area contributed by atoms with Gasteiger partial charge in [-0.05, 0) is 49.4 Å². The maximum atomic E-state index is 11.8. The molecule has 0 bridgehead atoms. The molecule has 0 saturated heterocycles. The summed E-state index contributed by atoms with van der Waals surface area (Å²) in [6.07, 6.45) is 3.44. The Morgan fingerprint density at radius 2 is 2.09 bits per heavy atom. The predicted molar refractivity (Wildman–Crippen MR) is 82.6 cm³/mol. The van der Waals surface area contributed by atoms with Crippen molar-refractivity contribution in [3.63, 3.8) is 0 Å². The minimum Gasteiger partial charge on any atom is -0.425 e. The van der Waals surface area contributed by atoms with Gasteiger partial charge in [-0.15, -0.1) is 0 Å². The lowest BCUT2D eigenvalue weighted by Crippen LogP contribution is -2.10. The molecule has 22 heavy (non-hydrogen) atoms. The second-order valence-electron chi connectivity index (χ2n) is 5.11. The summed E-state index contributed by atoms with van der Waals surface area (Å²) < 4.78 is 5.41. The molecule has 5 heteroatoms. The highest BCUT2D eigenvalue weighted by Gasteiger charge is 2.31. The Kier molecular flexibility index (Phi) is 4.08. The molecule has 0 unspecified atom stereocenters.